The molecule has 0 aliphatic carbocycles. The monoisotopic (exact) mass is 345 g/mol. The zero-order valence-electron chi connectivity index (χ0n) is 15.2. The summed E-state index contributed by atoms with van der Waals surface area (Å²) in [7, 11) is 0. The van der Waals surface area contributed by atoms with Crippen LogP contribution in [0.25, 0.3) is 0 Å². The first-order valence-corrected chi connectivity index (χ1v) is 9.05. The highest BCUT2D eigenvalue weighted by molar-refractivity contribution is 6.08. The standard InChI is InChI=1S/C20H27NO4/c1-4-7-11-21-18(17(16(22)6-3)19(23)20(21)24)14-9-8-10-15(13-14)25-12-5-2/h8-10,13,18,23H,4-7,11-12H2,1-3H3. The Kier molecular flexibility index (Phi) is 6.62. The molecule has 0 fully saturated rings. The normalized spacial score (nSPS) is 17.3. The molecule has 1 aromatic carbocycles. The summed E-state index contributed by atoms with van der Waals surface area (Å²) >= 11 is 0. The Morgan fingerprint density at radius 2 is 2.00 bits per heavy atom. The van der Waals surface area contributed by atoms with Gasteiger partial charge in [-0.1, -0.05) is 39.3 Å². The van der Waals surface area contributed by atoms with Crippen LogP contribution in [0.4, 0.5) is 0 Å². The molecule has 2 rings (SSSR count). The van der Waals surface area contributed by atoms with Crippen molar-refractivity contribution < 1.29 is 19.4 Å². The van der Waals surface area contributed by atoms with Crippen molar-refractivity contribution >= 4 is 11.7 Å². The van der Waals surface area contributed by atoms with Gasteiger partial charge in [0.05, 0.1) is 18.2 Å². The summed E-state index contributed by atoms with van der Waals surface area (Å²) in [4.78, 5) is 26.5. The maximum atomic E-state index is 12.5. The number of ether oxygens (including phenoxy) is 1. The number of ketones is 1. The Morgan fingerprint density at radius 1 is 1.24 bits per heavy atom. The van der Waals surface area contributed by atoms with Gasteiger partial charge in [0.25, 0.3) is 5.91 Å². The smallest absolute Gasteiger partial charge is 0.290 e. The number of carbonyl (C=O) groups excluding carboxylic acids is 2. The average molecular weight is 345 g/mol. The fourth-order valence-corrected chi connectivity index (χ4v) is 3.03. The summed E-state index contributed by atoms with van der Waals surface area (Å²) in [5.74, 6) is -0.366. The van der Waals surface area contributed by atoms with E-state index in [1.807, 2.05) is 38.1 Å². The predicted octanol–water partition coefficient (Wildman–Crippen LogP) is 3.95. The van der Waals surface area contributed by atoms with Crippen LogP contribution < -0.4 is 4.74 Å². The van der Waals surface area contributed by atoms with Gasteiger partial charge in [-0.3, -0.25) is 9.59 Å². The largest absolute Gasteiger partial charge is 0.503 e. The second-order valence-corrected chi connectivity index (χ2v) is 6.21. The number of carbonyl (C=O) groups is 2. The first kappa shape index (κ1) is 19.0. The second-order valence-electron chi connectivity index (χ2n) is 6.21. The lowest BCUT2D eigenvalue weighted by Crippen LogP contribution is -2.32. The molecule has 1 amide bonds. The fraction of sp³-hybridized carbons (Fsp3) is 0.500. The summed E-state index contributed by atoms with van der Waals surface area (Å²) in [5.41, 5.74) is 0.996. The second kappa shape index (κ2) is 8.70. The third kappa shape index (κ3) is 4.03. The van der Waals surface area contributed by atoms with Crippen LogP contribution in [0.3, 0.4) is 0 Å². The van der Waals surface area contributed by atoms with Crippen molar-refractivity contribution in [3.8, 4) is 5.75 Å². The van der Waals surface area contributed by atoms with Gasteiger partial charge in [0.2, 0.25) is 0 Å². The van der Waals surface area contributed by atoms with Crippen LogP contribution in [0.1, 0.15) is 58.1 Å². The number of nitrogens with zero attached hydrogens (tertiary/aromatic N) is 1. The highest BCUT2D eigenvalue weighted by atomic mass is 16.5. The summed E-state index contributed by atoms with van der Waals surface area (Å²) < 4.78 is 5.68. The van der Waals surface area contributed by atoms with Gasteiger partial charge in [-0.15, -0.1) is 0 Å². The maximum Gasteiger partial charge on any atom is 0.290 e. The minimum absolute atomic E-state index is 0.199. The molecule has 5 heteroatoms. The van der Waals surface area contributed by atoms with Crippen LogP contribution in [-0.4, -0.2) is 34.8 Å². The van der Waals surface area contributed by atoms with Crippen molar-refractivity contribution in [1.29, 1.82) is 0 Å². The van der Waals surface area contributed by atoms with Crippen molar-refractivity contribution in [2.24, 2.45) is 0 Å². The number of aliphatic hydroxyl groups is 1. The zero-order valence-corrected chi connectivity index (χ0v) is 15.2. The molecule has 5 nitrogen and oxygen atoms in total. The lowest BCUT2D eigenvalue weighted by atomic mass is 9.95. The SMILES string of the molecule is CCCCN1C(=O)C(O)=C(C(=O)CC)C1c1cccc(OCCC)c1. The molecule has 1 heterocycles. The molecule has 25 heavy (non-hydrogen) atoms. The molecule has 0 saturated carbocycles. The highest BCUT2D eigenvalue weighted by Gasteiger charge is 2.42. The molecule has 136 valence electrons. The minimum Gasteiger partial charge on any atom is -0.503 e. The van der Waals surface area contributed by atoms with Crippen molar-refractivity contribution in [2.45, 2.75) is 52.5 Å². The number of benzene rings is 1. The van der Waals surface area contributed by atoms with E-state index in [0.717, 1.165) is 24.8 Å². The van der Waals surface area contributed by atoms with E-state index in [0.29, 0.717) is 18.9 Å². The molecule has 1 aliphatic heterocycles. The van der Waals surface area contributed by atoms with Gasteiger partial charge in [0.15, 0.2) is 11.5 Å². The first-order valence-electron chi connectivity index (χ1n) is 9.05. The van der Waals surface area contributed by atoms with Crippen molar-refractivity contribution in [1.82, 2.24) is 4.90 Å². The molecule has 0 aromatic heterocycles. The van der Waals surface area contributed by atoms with E-state index in [4.69, 9.17) is 4.74 Å². The quantitative estimate of drug-likeness (QED) is 0.736. The van der Waals surface area contributed by atoms with Gasteiger partial charge >= 0.3 is 0 Å². The van der Waals surface area contributed by atoms with Crippen molar-refractivity contribution in [3.63, 3.8) is 0 Å². The van der Waals surface area contributed by atoms with Crippen LogP contribution in [0, 0.1) is 0 Å². The predicted molar refractivity (Wildman–Crippen MR) is 96.5 cm³/mol. The molecule has 0 spiro atoms. The van der Waals surface area contributed by atoms with Crippen molar-refractivity contribution in [2.75, 3.05) is 13.2 Å². The molecule has 0 radical (unpaired) electrons. The summed E-state index contributed by atoms with van der Waals surface area (Å²) in [6.07, 6.45) is 2.88. The van der Waals surface area contributed by atoms with E-state index in [2.05, 4.69) is 0 Å². The average Bonchev–Trinajstić information content (AvgIpc) is 2.88. The van der Waals surface area contributed by atoms with Gasteiger partial charge in [-0.05, 0) is 30.5 Å². The molecule has 0 saturated heterocycles. The number of amides is 1. The van der Waals surface area contributed by atoms with E-state index in [-0.39, 0.29) is 17.8 Å². The summed E-state index contributed by atoms with van der Waals surface area (Å²) in [6.45, 7) is 6.92. The minimum atomic E-state index is -0.545. The Hall–Kier alpha value is -2.30. The highest BCUT2D eigenvalue weighted by Crippen LogP contribution is 2.39. The maximum absolute atomic E-state index is 12.5. The third-order valence-corrected chi connectivity index (χ3v) is 4.32. The number of aliphatic hydroxyl groups excluding tert-OH is 1. The van der Waals surface area contributed by atoms with E-state index in [1.54, 1.807) is 11.8 Å². The van der Waals surface area contributed by atoms with Crippen LogP contribution in [-0.2, 0) is 9.59 Å². The first-order chi connectivity index (χ1) is 12.0. The number of rotatable bonds is 9. The Morgan fingerprint density at radius 3 is 2.64 bits per heavy atom. The van der Waals surface area contributed by atoms with Gasteiger partial charge in [-0.25, -0.2) is 0 Å². The van der Waals surface area contributed by atoms with Crippen LogP contribution in [0.2, 0.25) is 0 Å². The Labute approximate surface area is 149 Å². The topological polar surface area (TPSA) is 66.8 Å². The number of hydrogen-bond acceptors (Lipinski definition) is 4. The van der Waals surface area contributed by atoms with Crippen LogP contribution in [0.5, 0.6) is 5.75 Å². The molecule has 1 unspecified atom stereocenters. The Bertz CT molecular complexity index is 665. The lowest BCUT2D eigenvalue weighted by Gasteiger charge is -2.27. The van der Waals surface area contributed by atoms with E-state index in [9.17, 15) is 14.7 Å². The number of unbranched alkanes of at least 4 members (excludes halogenated alkanes) is 1. The van der Waals surface area contributed by atoms with E-state index >= 15 is 0 Å². The van der Waals surface area contributed by atoms with Crippen molar-refractivity contribution in [3.05, 3.63) is 41.2 Å². The lowest BCUT2D eigenvalue weighted by molar-refractivity contribution is -0.129. The fourth-order valence-electron chi connectivity index (χ4n) is 3.03. The molecule has 1 aliphatic rings. The van der Waals surface area contributed by atoms with Crippen LogP contribution >= 0.6 is 0 Å². The number of hydrogen-bond donors (Lipinski definition) is 1. The van der Waals surface area contributed by atoms with Gasteiger partial charge in [0, 0.05) is 13.0 Å². The molecular weight excluding hydrogens is 318 g/mol. The van der Waals surface area contributed by atoms with E-state index < -0.39 is 17.7 Å². The van der Waals surface area contributed by atoms with Gasteiger partial charge < -0.3 is 14.7 Å². The summed E-state index contributed by atoms with van der Waals surface area (Å²) in [5, 5.41) is 10.3. The summed E-state index contributed by atoms with van der Waals surface area (Å²) in [6, 6.07) is 6.89. The molecule has 1 atom stereocenters. The number of Topliss-reactive ketones (excluding diaryl/α,β-unsaturated/α-hetero) is 1. The van der Waals surface area contributed by atoms with Crippen LogP contribution in [0.15, 0.2) is 35.6 Å². The van der Waals surface area contributed by atoms with Gasteiger partial charge in [0.1, 0.15) is 5.75 Å². The third-order valence-electron chi connectivity index (χ3n) is 4.32. The molecular formula is C20H27NO4. The van der Waals surface area contributed by atoms with E-state index in [1.165, 1.54) is 0 Å². The van der Waals surface area contributed by atoms with Gasteiger partial charge in [-0.2, -0.15) is 0 Å². The molecule has 1 N–H and O–H groups in total. The molecule has 1 aromatic rings. The Balaban J connectivity index is 2.43. The molecule has 0 bridgehead atoms. The zero-order chi connectivity index (χ0) is 18.4.